The molecule has 0 saturated heterocycles. The normalized spacial score (nSPS) is 11.2. The van der Waals surface area contributed by atoms with E-state index >= 15 is 0 Å². The van der Waals surface area contributed by atoms with Gasteiger partial charge in [-0.15, -0.1) is 11.8 Å². The van der Waals surface area contributed by atoms with Crippen LogP contribution >= 0.6 is 11.8 Å². The number of thioether (sulfide) groups is 1. The van der Waals surface area contributed by atoms with E-state index in [-0.39, 0.29) is 11.2 Å². The fourth-order valence-corrected chi connectivity index (χ4v) is 3.93. The quantitative estimate of drug-likeness (QED) is 0.644. The summed E-state index contributed by atoms with van der Waals surface area (Å²) in [5.41, 5.74) is 2.88. The number of rotatable bonds is 5. The first-order valence-electron chi connectivity index (χ1n) is 8.19. The molecule has 2 aromatic heterocycles. The molecule has 1 aromatic carbocycles. The summed E-state index contributed by atoms with van der Waals surface area (Å²) in [6.07, 6.45) is 1.68. The Morgan fingerprint density at radius 1 is 1.12 bits per heavy atom. The summed E-state index contributed by atoms with van der Waals surface area (Å²) in [4.78, 5) is 30.1. The zero-order chi connectivity index (χ0) is 18.8. The third-order valence-electron chi connectivity index (χ3n) is 4.30. The van der Waals surface area contributed by atoms with E-state index in [2.05, 4.69) is 29.2 Å². The van der Waals surface area contributed by atoms with E-state index in [0.717, 1.165) is 20.6 Å². The Bertz CT molecular complexity index is 1070. The number of hydrogen-bond acceptors (Lipinski definition) is 5. The molecule has 6 nitrogen and oxygen atoms in total. The maximum Gasteiger partial charge on any atom is 0.332 e. The summed E-state index contributed by atoms with van der Waals surface area (Å²) in [7, 11) is 4.72. The summed E-state index contributed by atoms with van der Waals surface area (Å²) in [5.74, 6) is 0.710. The van der Waals surface area contributed by atoms with Crippen molar-refractivity contribution in [3.63, 3.8) is 0 Å². The second kappa shape index (κ2) is 7.47. The molecule has 0 unspecified atom stereocenters. The molecule has 0 saturated carbocycles. The predicted molar refractivity (Wildman–Crippen MR) is 104 cm³/mol. The Labute approximate surface area is 155 Å². The van der Waals surface area contributed by atoms with Crippen LogP contribution < -0.4 is 11.2 Å². The molecule has 0 aliphatic rings. The molecule has 0 N–H and O–H groups in total. The fraction of sp³-hybridized carbons (Fsp3) is 0.316. The van der Waals surface area contributed by atoms with Crippen LogP contribution in [0.4, 0.5) is 0 Å². The lowest BCUT2D eigenvalue weighted by molar-refractivity contribution is 0.183. The number of nitrogens with zero attached hydrogens (tertiary/aromatic N) is 3. The summed E-state index contributed by atoms with van der Waals surface area (Å²) >= 11 is 1.56. The van der Waals surface area contributed by atoms with Crippen molar-refractivity contribution in [2.45, 2.75) is 24.2 Å². The minimum Gasteiger partial charge on any atom is -0.380 e. The van der Waals surface area contributed by atoms with Crippen molar-refractivity contribution in [2.75, 3.05) is 7.11 Å². The number of methoxy groups -OCH3 is 1. The molecule has 0 radical (unpaired) electrons. The van der Waals surface area contributed by atoms with Crippen LogP contribution in [0.2, 0.25) is 0 Å². The largest absolute Gasteiger partial charge is 0.380 e. The van der Waals surface area contributed by atoms with Crippen molar-refractivity contribution in [3.05, 3.63) is 68.0 Å². The zero-order valence-electron chi connectivity index (χ0n) is 15.3. The van der Waals surface area contributed by atoms with E-state index < -0.39 is 0 Å². The van der Waals surface area contributed by atoms with Gasteiger partial charge in [-0.25, -0.2) is 9.78 Å². The number of benzene rings is 1. The standard InChI is InChI=1S/C19H21N3O3S/c1-12-5-7-13(8-6-12)11-26-16-14(10-25-4)9-20-17-15(16)18(23)22(3)19(24)21(17)2/h5-9H,10-11H2,1-4H3. The Morgan fingerprint density at radius 2 is 1.81 bits per heavy atom. The van der Waals surface area contributed by atoms with Crippen LogP contribution in [-0.4, -0.2) is 21.2 Å². The van der Waals surface area contributed by atoms with Gasteiger partial charge in [-0.1, -0.05) is 29.8 Å². The first-order chi connectivity index (χ1) is 12.4. The smallest absolute Gasteiger partial charge is 0.332 e. The number of ether oxygens (including phenoxy) is 1. The van der Waals surface area contributed by atoms with E-state index in [0.29, 0.717) is 23.4 Å². The van der Waals surface area contributed by atoms with Crippen LogP contribution in [0.1, 0.15) is 16.7 Å². The van der Waals surface area contributed by atoms with Gasteiger partial charge < -0.3 is 4.74 Å². The second-order valence-electron chi connectivity index (χ2n) is 6.22. The molecule has 0 atom stereocenters. The second-order valence-corrected chi connectivity index (χ2v) is 7.21. The van der Waals surface area contributed by atoms with Crippen LogP contribution in [0, 0.1) is 6.92 Å². The van der Waals surface area contributed by atoms with Gasteiger partial charge in [0.2, 0.25) is 0 Å². The number of pyridine rings is 1. The molecule has 2 heterocycles. The van der Waals surface area contributed by atoms with Gasteiger partial charge in [0.1, 0.15) is 5.65 Å². The Balaban J connectivity index is 2.16. The molecule has 7 heteroatoms. The van der Waals surface area contributed by atoms with Crippen LogP contribution in [-0.2, 0) is 31.2 Å². The van der Waals surface area contributed by atoms with E-state index in [1.165, 1.54) is 17.2 Å². The maximum atomic E-state index is 12.8. The maximum absolute atomic E-state index is 12.8. The van der Waals surface area contributed by atoms with Gasteiger partial charge in [-0.05, 0) is 12.5 Å². The highest BCUT2D eigenvalue weighted by molar-refractivity contribution is 7.98. The average Bonchev–Trinajstić information content (AvgIpc) is 2.64. The van der Waals surface area contributed by atoms with E-state index in [1.807, 2.05) is 6.92 Å². The van der Waals surface area contributed by atoms with Gasteiger partial charge in [0.05, 0.1) is 12.0 Å². The first-order valence-corrected chi connectivity index (χ1v) is 9.17. The van der Waals surface area contributed by atoms with E-state index in [9.17, 15) is 9.59 Å². The molecule has 3 rings (SSSR count). The van der Waals surface area contributed by atoms with Crippen molar-refractivity contribution in [3.8, 4) is 0 Å². The van der Waals surface area contributed by atoms with Crippen LogP contribution in [0.15, 0.2) is 44.9 Å². The number of aryl methyl sites for hydroxylation is 2. The lowest BCUT2D eigenvalue weighted by atomic mass is 10.2. The lowest BCUT2D eigenvalue weighted by Crippen LogP contribution is -2.37. The fourth-order valence-electron chi connectivity index (χ4n) is 2.80. The third kappa shape index (κ3) is 3.32. The van der Waals surface area contributed by atoms with Crippen LogP contribution in [0.3, 0.4) is 0 Å². The molecular formula is C19H21N3O3S. The molecule has 0 amide bonds. The van der Waals surface area contributed by atoms with E-state index in [4.69, 9.17) is 4.74 Å². The molecule has 0 aliphatic carbocycles. The summed E-state index contributed by atoms with van der Waals surface area (Å²) in [6.45, 7) is 2.40. The highest BCUT2D eigenvalue weighted by Gasteiger charge is 2.17. The van der Waals surface area contributed by atoms with Gasteiger partial charge in [-0.2, -0.15) is 0 Å². The highest BCUT2D eigenvalue weighted by Crippen LogP contribution is 2.31. The molecule has 0 fully saturated rings. The molecule has 0 aliphatic heterocycles. The van der Waals surface area contributed by atoms with Crippen molar-refractivity contribution < 1.29 is 4.74 Å². The van der Waals surface area contributed by atoms with Gasteiger partial charge in [-0.3, -0.25) is 13.9 Å². The van der Waals surface area contributed by atoms with Crippen molar-refractivity contribution >= 4 is 22.8 Å². The highest BCUT2D eigenvalue weighted by atomic mass is 32.2. The van der Waals surface area contributed by atoms with Crippen molar-refractivity contribution in [1.29, 1.82) is 0 Å². The van der Waals surface area contributed by atoms with Gasteiger partial charge >= 0.3 is 5.69 Å². The van der Waals surface area contributed by atoms with Crippen LogP contribution in [0.25, 0.3) is 11.0 Å². The topological polar surface area (TPSA) is 66.1 Å². The zero-order valence-corrected chi connectivity index (χ0v) is 16.1. The number of aromatic nitrogens is 3. The Hall–Kier alpha value is -2.38. The van der Waals surface area contributed by atoms with Gasteiger partial charge in [0.25, 0.3) is 5.56 Å². The lowest BCUT2D eigenvalue weighted by Gasteiger charge is -2.14. The SMILES string of the molecule is COCc1cnc2c(c1SCc1ccc(C)cc1)c(=O)n(C)c(=O)n2C. The summed E-state index contributed by atoms with van der Waals surface area (Å²) in [5, 5.41) is 0.460. The minimum atomic E-state index is -0.385. The predicted octanol–water partition coefficient (Wildman–Crippen LogP) is 2.38. The van der Waals surface area contributed by atoms with E-state index in [1.54, 1.807) is 32.1 Å². The number of fused-ring (bicyclic) bond motifs is 1. The Kier molecular flexibility index (Phi) is 5.29. The monoisotopic (exact) mass is 371 g/mol. The van der Waals surface area contributed by atoms with Crippen molar-refractivity contribution in [1.82, 2.24) is 14.1 Å². The first kappa shape index (κ1) is 18.4. The Morgan fingerprint density at radius 3 is 2.46 bits per heavy atom. The van der Waals surface area contributed by atoms with Crippen LogP contribution in [0.5, 0.6) is 0 Å². The summed E-state index contributed by atoms with van der Waals surface area (Å²) < 4.78 is 7.81. The summed E-state index contributed by atoms with van der Waals surface area (Å²) in [6, 6.07) is 8.30. The van der Waals surface area contributed by atoms with Crippen molar-refractivity contribution in [2.24, 2.45) is 14.1 Å². The third-order valence-corrected chi connectivity index (χ3v) is 5.53. The molecule has 0 bridgehead atoms. The minimum absolute atomic E-state index is 0.333. The molecule has 3 aromatic rings. The number of hydrogen-bond donors (Lipinski definition) is 0. The molecule has 0 spiro atoms. The average molecular weight is 371 g/mol. The molecule has 26 heavy (non-hydrogen) atoms. The molecule has 136 valence electrons. The molecular weight excluding hydrogens is 350 g/mol. The van der Waals surface area contributed by atoms with Gasteiger partial charge in [0.15, 0.2) is 0 Å². The van der Waals surface area contributed by atoms with Gasteiger partial charge in [0, 0.05) is 43.6 Å².